The lowest BCUT2D eigenvalue weighted by molar-refractivity contribution is -0.659. The molecule has 42 heavy (non-hydrogen) atoms. The standard InChI is InChI=1S/C39H43N2O/c1-23(2)17-25-13-14-28-30(18-25)24(3)33-36-35-29(15-16-41(36)9)34-26(11-10-12-27(34)20-39(7,8)22-40)19-32(35)42-37(33)31(28)21-38(4,5)6/h10-16,18-19,23H,17,20-21H2,1-9H3/q+1. The number of hydrogen-bond acceptors (Lipinski definition) is 2. The SMILES string of the molecule is Cc1c2c(c(CC(C)(C)C)c3ccc(CC(C)C)cc13)Oc1cc3cccc(CC(C)(C)C#N)c3c3cc[n+](C)c-2c13. The molecule has 3 nitrogen and oxygen atoms in total. The predicted molar refractivity (Wildman–Crippen MR) is 175 cm³/mol. The van der Waals surface area contributed by atoms with Gasteiger partial charge in [-0.25, -0.2) is 4.57 Å². The molecule has 214 valence electrons. The van der Waals surface area contributed by atoms with Crippen molar-refractivity contribution in [1.29, 1.82) is 5.26 Å². The molecule has 0 saturated carbocycles. The van der Waals surface area contributed by atoms with Gasteiger partial charge in [0.25, 0.3) is 0 Å². The van der Waals surface area contributed by atoms with Gasteiger partial charge < -0.3 is 4.74 Å². The molecule has 1 aliphatic rings. The number of pyridine rings is 1. The minimum absolute atomic E-state index is 0.0935. The Bertz CT molecular complexity index is 1950. The summed E-state index contributed by atoms with van der Waals surface area (Å²) in [5.41, 5.74) is 7.22. The number of fused-ring (bicyclic) bond motifs is 5. The van der Waals surface area contributed by atoms with E-state index in [1.165, 1.54) is 55.1 Å². The molecule has 2 heterocycles. The van der Waals surface area contributed by atoms with Crippen LogP contribution in [-0.4, -0.2) is 0 Å². The molecule has 0 N–H and O–H groups in total. The summed E-state index contributed by atoms with van der Waals surface area (Å²) in [6.45, 7) is 17.8. The van der Waals surface area contributed by atoms with Gasteiger partial charge in [-0.2, -0.15) is 5.26 Å². The molecule has 6 rings (SSSR count). The zero-order valence-corrected chi connectivity index (χ0v) is 26.7. The highest BCUT2D eigenvalue weighted by atomic mass is 16.5. The second kappa shape index (κ2) is 9.84. The Kier molecular flexibility index (Phi) is 6.61. The van der Waals surface area contributed by atoms with E-state index in [1.807, 2.05) is 13.8 Å². The van der Waals surface area contributed by atoms with Crippen molar-refractivity contribution in [2.75, 3.05) is 0 Å². The molecule has 0 bridgehead atoms. The van der Waals surface area contributed by atoms with Gasteiger partial charge in [-0.3, -0.25) is 0 Å². The van der Waals surface area contributed by atoms with Gasteiger partial charge in [0.05, 0.1) is 22.4 Å². The average Bonchev–Trinajstić information content (AvgIpc) is 2.91. The van der Waals surface area contributed by atoms with Crippen LogP contribution in [0.2, 0.25) is 0 Å². The van der Waals surface area contributed by atoms with Crippen LogP contribution in [0.5, 0.6) is 11.5 Å². The maximum absolute atomic E-state index is 9.84. The molecule has 1 aliphatic heterocycles. The number of benzene rings is 4. The van der Waals surface area contributed by atoms with Crippen molar-refractivity contribution in [1.82, 2.24) is 0 Å². The summed E-state index contributed by atoms with van der Waals surface area (Å²) in [6.07, 6.45) is 4.88. The van der Waals surface area contributed by atoms with Gasteiger partial charge in [-0.05, 0) is 95.7 Å². The molecule has 0 saturated heterocycles. The number of ether oxygens (including phenoxy) is 1. The molecule has 0 unspecified atom stereocenters. The first kappa shape index (κ1) is 28.2. The van der Waals surface area contributed by atoms with Gasteiger partial charge in [0.15, 0.2) is 6.20 Å². The van der Waals surface area contributed by atoms with Crippen molar-refractivity contribution in [3.8, 4) is 28.8 Å². The van der Waals surface area contributed by atoms with E-state index in [-0.39, 0.29) is 5.41 Å². The average molecular weight is 556 g/mol. The van der Waals surface area contributed by atoms with E-state index in [0.717, 1.165) is 35.1 Å². The Hall–Kier alpha value is -3.90. The van der Waals surface area contributed by atoms with E-state index in [0.29, 0.717) is 12.3 Å². The first-order valence-electron chi connectivity index (χ1n) is 15.3. The molecule has 0 amide bonds. The molecule has 0 spiro atoms. The van der Waals surface area contributed by atoms with E-state index in [2.05, 4.69) is 114 Å². The lowest BCUT2D eigenvalue weighted by Gasteiger charge is -2.29. The second-order valence-electron chi connectivity index (χ2n) is 14.8. The molecule has 0 aliphatic carbocycles. The first-order valence-corrected chi connectivity index (χ1v) is 15.3. The highest BCUT2D eigenvalue weighted by Gasteiger charge is 2.35. The highest BCUT2D eigenvalue weighted by molar-refractivity contribution is 6.17. The second-order valence-corrected chi connectivity index (χ2v) is 14.8. The van der Waals surface area contributed by atoms with Gasteiger partial charge in [-0.15, -0.1) is 0 Å². The number of aryl methyl sites for hydroxylation is 2. The zero-order valence-electron chi connectivity index (χ0n) is 26.7. The summed E-state index contributed by atoms with van der Waals surface area (Å²) < 4.78 is 9.35. The van der Waals surface area contributed by atoms with Crippen molar-refractivity contribution in [3.05, 3.63) is 77.0 Å². The summed E-state index contributed by atoms with van der Waals surface area (Å²) in [7, 11) is 2.16. The van der Waals surface area contributed by atoms with Crippen molar-refractivity contribution >= 4 is 32.3 Å². The van der Waals surface area contributed by atoms with Gasteiger partial charge >= 0.3 is 0 Å². The van der Waals surface area contributed by atoms with Crippen molar-refractivity contribution in [3.63, 3.8) is 0 Å². The molecule has 5 aromatic rings. The Labute approximate surface area is 250 Å². The summed E-state index contributed by atoms with van der Waals surface area (Å²) in [6, 6.07) is 20.5. The molecule has 1 aromatic heterocycles. The van der Waals surface area contributed by atoms with Gasteiger partial charge in [0.2, 0.25) is 5.69 Å². The summed E-state index contributed by atoms with van der Waals surface area (Å²) >= 11 is 0. The third-order valence-corrected chi connectivity index (χ3v) is 8.73. The third-order valence-electron chi connectivity index (χ3n) is 8.73. The van der Waals surface area contributed by atoms with Gasteiger partial charge in [-0.1, -0.05) is 71.0 Å². The Morgan fingerprint density at radius 3 is 2.36 bits per heavy atom. The van der Waals surface area contributed by atoms with Crippen LogP contribution in [0, 0.1) is 35.0 Å². The number of nitrogens with zero attached hydrogens (tertiary/aromatic N) is 2. The quantitative estimate of drug-likeness (QED) is 0.157. The minimum Gasteiger partial charge on any atom is -0.455 e. The summed E-state index contributed by atoms with van der Waals surface area (Å²) in [5.74, 6) is 2.52. The van der Waals surface area contributed by atoms with E-state index in [4.69, 9.17) is 4.74 Å². The van der Waals surface area contributed by atoms with E-state index in [9.17, 15) is 5.26 Å². The van der Waals surface area contributed by atoms with E-state index >= 15 is 0 Å². The van der Waals surface area contributed by atoms with Crippen molar-refractivity contribution in [2.24, 2.45) is 23.8 Å². The van der Waals surface area contributed by atoms with Crippen LogP contribution in [0.15, 0.2) is 54.7 Å². The van der Waals surface area contributed by atoms with Crippen LogP contribution < -0.4 is 9.30 Å². The molecule has 4 aromatic carbocycles. The normalized spacial score (nSPS) is 13.1. The lowest BCUT2D eigenvalue weighted by Crippen LogP contribution is -2.32. The van der Waals surface area contributed by atoms with E-state index in [1.54, 1.807) is 0 Å². The summed E-state index contributed by atoms with van der Waals surface area (Å²) in [4.78, 5) is 0. The molecular weight excluding hydrogens is 512 g/mol. The molecular formula is C39H43N2O+. The number of rotatable bonds is 5. The summed E-state index contributed by atoms with van der Waals surface area (Å²) in [5, 5.41) is 17.2. The number of hydrogen-bond donors (Lipinski definition) is 0. The minimum atomic E-state index is -0.452. The topological polar surface area (TPSA) is 36.9 Å². The van der Waals surface area contributed by atoms with Crippen molar-refractivity contribution in [2.45, 2.75) is 74.7 Å². The number of nitriles is 1. The monoisotopic (exact) mass is 555 g/mol. The predicted octanol–water partition coefficient (Wildman–Crippen LogP) is 9.93. The van der Waals surface area contributed by atoms with Crippen LogP contribution in [-0.2, 0) is 26.3 Å². The van der Waals surface area contributed by atoms with Crippen molar-refractivity contribution < 1.29 is 9.30 Å². The highest BCUT2D eigenvalue weighted by Crippen LogP contribution is 2.53. The number of aromatic nitrogens is 1. The van der Waals surface area contributed by atoms with Crippen LogP contribution in [0.4, 0.5) is 0 Å². The molecule has 0 fully saturated rings. The maximum atomic E-state index is 9.84. The fraction of sp³-hybridized carbons (Fsp3) is 0.385. The van der Waals surface area contributed by atoms with Crippen LogP contribution in [0.25, 0.3) is 43.6 Å². The Morgan fingerprint density at radius 1 is 0.905 bits per heavy atom. The third kappa shape index (κ3) is 4.72. The molecule has 3 heteroatoms. The Morgan fingerprint density at radius 2 is 1.67 bits per heavy atom. The maximum Gasteiger partial charge on any atom is 0.228 e. The smallest absolute Gasteiger partial charge is 0.228 e. The largest absolute Gasteiger partial charge is 0.455 e. The molecule has 0 radical (unpaired) electrons. The van der Waals surface area contributed by atoms with Gasteiger partial charge in [0, 0.05) is 17.0 Å². The fourth-order valence-electron chi connectivity index (χ4n) is 6.99. The Balaban J connectivity index is 1.73. The van der Waals surface area contributed by atoms with Crippen LogP contribution in [0.1, 0.15) is 70.7 Å². The first-order chi connectivity index (χ1) is 19.8. The van der Waals surface area contributed by atoms with E-state index < -0.39 is 5.41 Å². The fourth-order valence-corrected chi connectivity index (χ4v) is 6.99. The lowest BCUT2D eigenvalue weighted by atomic mass is 9.80. The zero-order chi connectivity index (χ0) is 30.1. The van der Waals surface area contributed by atoms with Gasteiger partial charge in [0.1, 0.15) is 18.5 Å². The van der Waals surface area contributed by atoms with Crippen LogP contribution in [0.3, 0.4) is 0 Å². The molecule has 0 atom stereocenters. The van der Waals surface area contributed by atoms with Crippen LogP contribution >= 0.6 is 0 Å².